The normalized spacial score (nSPS) is 11.3. The molecule has 134 valence electrons. The Morgan fingerprint density at radius 1 is 0.577 bits per heavy atom. The Labute approximate surface area is 170 Å². The molecule has 8 heteroatoms. The fourth-order valence-electron chi connectivity index (χ4n) is 2.43. The molecule has 0 aliphatic carbocycles. The van der Waals surface area contributed by atoms with Crippen molar-refractivity contribution >= 4 is 46.4 Å². The van der Waals surface area contributed by atoms with E-state index in [1.54, 1.807) is 24.3 Å². The number of phenols is 2. The third-order valence-corrected chi connectivity index (χ3v) is 4.47. The molecule has 0 amide bonds. The van der Waals surface area contributed by atoms with E-state index in [0.29, 0.717) is 33.9 Å². The molecule has 0 fully saturated rings. The minimum Gasteiger partial charge on any atom is -0.508 e. The summed E-state index contributed by atoms with van der Waals surface area (Å²) >= 11 is 24.5. The number of phenolic OH excluding ortho intramolecular Hbond substituents is 2. The first-order valence-electron chi connectivity index (χ1n) is 7.43. The van der Waals surface area contributed by atoms with Crippen LogP contribution >= 0.6 is 46.4 Å². The van der Waals surface area contributed by atoms with Crippen molar-refractivity contribution in [2.45, 2.75) is 9.67 Å². The number of hydrogen-bond acceptors (Lipinski definition) is 4. The third kappa shape index (κ3) is 3.99. The zero-order chi connectivity index (χ0) is 18.8. The Kier molecular flexibility index (Phi) is 5.78. The zero-order valence-electron chi connectivity index (χ0n) is 13.1. The summed E-state index contributed by atoms with van der Waals surface area (Å²) < 4.78 is 0. The van der Waals surface area contributed by atoms with E-state index in [0.717, 1.165) is 0 Å². The molecule has 3 aromatic rings. The maximum atomic E-state index is 9.49. The summed E-state index contributed by atoms with van der Waals surface area (Å²) in [5, 5.41) is 19.0. The van der Waals surface area contributed by atoms with Crippen molar-refractivity contribution < 1.29 is 10.2 Å². The molecule has 0 radical (unpaired) electrons. The molecule has 0 aliphatic rings. The van der Waals surface area contributed by atoms with Gasteiger partial charge in [0.1, 0.15) is 22.9 Å². The average molecular weight is 430 g/mol. The summed E-state index contributed by atoms with van der Waals surface area (Å²) in [5.41, 5.74) is 2.82. The van der Waals surface area contributed by atoms with Crippen LogP contribution in [0, 0.1) is 0 Å². The molecule has 0 saturated carbocycles. The van der Waals surface area contributed by atoms with E-state index in [2.05, 4.69) is 9.97 Å². The van der Waals surface area contributed by atoms with E-state index in [1.807, 2.05) is 0 Å². The SMILES string of the molecule is Oc1ccc(-c2nc(C(Cl)Cl)c(-c3ccc(O)cc3)nc2C(Cl)Cl)cc1. The number of aromatic nitrogens is 2. The van der Waals surface area contributed by atoms with E-state index in [1.165, 1.54) is 24.3 Å². The molecule has 0 saturated heterocycles. The fraction of sp³-hybridized carbons (Fsp3) is 0.111. The smallest absolute Gasteiger partial charge is 0.151 e. The first-order valence-corrected chi connectivity index (χ1v) is 9.18. The van der Waals surface area contributed by atoms with Gasteiger partial charge in [-0.1, -0.05) is 46.4 Å². The second kappa shape index (κ2) is 7.89. The van der Waals surface area contributed by atoms with Crippen molar-refractivity contribution in [3.05, 3.63) is 59.9 Å². The van der Waals surface area contributed by atoms with Crippen LogP contribution in [0.25, 0.3) is 22.5 Å². The van der Waals surface area contributed by atoms with Crippen LogP contribution in [0.15, 0.2) is 48.5 Å². The molecular weight excluding hydrogens is 418 g/mol. The molecule has 0 bridgehead atoms. The molecule has 2 N–H and O–H groups in total. The lowest BCUT2D eigenvalue weighted by atomic mass is 10.1. The minimum atomic E-state index is -0.944. The Bertz CT molecular complexity index is 836. The lowest BCUT2D eigenvalue weighted by Gasteiger charge is -2.16. The number of nitrogens with zero attached hydrogens (tertiary/aromatic N) is 2. The number of alkyl halides is 4. The summed E-state index contributed by atoms with van der Waals surface area (Å²) in [5.74, 6) is 0.232. The summed E-state index contributed by atoms with van der Waals surface area (Å²) in [7, 11) is 0. The van der Waals surface area contributed by atoms with Crippen LogP contribution in [0.5, 0.6) is 11.5 Å². The van der Waals surface area contributed by atoms with Gasteiger partial charge >= 0.3 is 0 Å². The van der Waals surface area contributed by atoms with Gasteiger partial charge in [0.05, 0.1) is 11.4 Å². The predicted octanol–water partition coefficient (Wildman–Crippen LogP) is 6.17. The molecule has 2 aromatic carbocycles. The van der Waals surface area contributed by atoms with Gasteiger partial charge in [-0.3, -0.25) is 0 Å². The van der Waals surface area contributed by atoms with Gasteiger partial charge in [0.25, 0.3) is 0 Å². The summed E-state index contributed by atoms with van der Waals surface area (Å²) in [6.45, 7) is 0. The third-order valence-electron chi connectivity index (χ3n) is 3.64. The average Bonchev–Trinajstić information content (AvgIpc) is 2.62. The summed E-state index contributed by atoms with van der Waals surface area (Å²) in [6.07, 6.45) is 0. The van der Waals surface area contributed by atoms with E-state index in [4.69, 9.17) is 46.4 Å². The Balaban J connectivity index is 2.25. The highest BCUT2D eigenvalue weighted by molar-refractivity contribution is 6.44. The molecule has 0 aliphatic heterocycles. The van der Waals surface area contributed by atoms with Gasteiger partial charge < -0.3 is 10.2 Å². The monoisotopic (exact) mass is 428 g/mol. The van der Waals surface area contributed by atoms with Gasteiger partial charge in [-0.25, -0.2) is 9.97 Å². The first-order chi connectivity index (χ1) is 12.4. The van der Waals surface area contributed by atoms with Crippen molar-refractivity contribution in [2.24, 2.45) is 0 Å². The van der Waals surface area contributed by atoms with Crippen molar-refractivity contribution in [1.29, 1.82) is 0 Å². The molecule has 0 spiro atoms. The Morgan fingerprint density at radius 2 is 0.885 bits per heavy atom. The quantitative estimate of drug-likeness (QED) is 0.486. The number of halogens is 4. The largest absolute Gasteiger partial charge is 0.508 e. The molecule has 3 rings (SSSR count). The van der Waals surface area contributed by atoms with E-state index >= 15 is 0 Å². The maximum Gasteiger partial charge on any atom is 0.151 e. The second-order valence-corrected chi connectivity index (χ2v) is 7.58. The number of benzene rings is 2. The zero-order valence-corrected chi connectivity index (χ0v) is 16.1. The van der Waals surface area contributed by atoms with Gasteiger partial charge in [-0.05, 0) is 48.5 Å². The van der Waals surface area contributed by atoms with Gasteiger partial charge in [-0.15, -0.1) is 0 Å². The van der Waals surface area contributed by atoms with Crippen LogP contribution < -0.4 is 0 Å². The van der Waals surface area contributed by atoms with Crippen molar-refractivity contribution in [3.63, 3.8) is 0 Å². The molecule has 0 atom stereocenters. The highest BCUT2D eigenvalue weighted by atomic mass is 35.5. The predicted molar refractivity (Wildman–Crippen MR) is 105 cm³/mol. The van der Waals surface area contributed by atoms with E-state index < -0.39 is 9.67 Å². The van der Waals surface area contributed by atoms with Gasteiger partial charge in [-0.2, -0.15) is 0 Å². The van der Waals surface area contributed by atoms with Crippen LogP contribution in [0.1, 0.15) is 21.1 Å². The first kappa shape index (κ1) is 19.1. The minimum absolute atomic E-state index is 0.116. The molecule has 26 heavy (non-hydrogen) atoms. The highest BCUT2D eigenvalue weighted by Crippen LogP contribution is 2.39. The van der Waals surface area contributed by atoms with Gasteiger partial charge in [0, 0.05) is 11.1 Å². The highest BCUT2D eigenvalue weighted by Gasteiger charge is 2.23. The van der Waals surface area contributed by atoms with Gasteiger partial charge in [0.2, 0.25) is 0 Å². The number of hydrogen-bond donors (Lipinski definition) is 2. The molecular formula is C18H12Cl4N2O2. The fourth-order valence-corrected chi connectivity index (χ4v) is 3.04. The van der Waals surface area contributed by atoms with Crippen LogP contribution in [0.3, 0.4) is 0 Å². The molecule has 0 unspecified atom stereocenters. The van der Waals surface area contributed by atoms with E-state index in [9.17, 15) is 10.2 Å². The standard InChI is InChI=1S/C18H12Cl4N2O2/c19-17(20)15-13(9-1-5-11(25)6-2-9)23-16(18(21)22)14(24-15)10-3-7-12(26)8-4-10/h1-8,17-18,25-26H. The number of rotatable bonds is 4. The van der Waals surface area contributed by atoms with E-state index in [-0.39, 0.29) is 11.5 Å². The van der Waals surface area contributed by atoms with Crippen LogP contribution in [-0.4, -0.2) is 20.2 Å². The second-order valence-electron chi connectivity index (χ2n) is 5.39. The Hall–Kier alpha value is -1.72. The van der Waals surface area contributed by atoms with Crippen molar-refractivity contribution in [3.8, 4) is 34.0 Å². The lowest BCUT2D eigenvalue weighted by Crippen LogP contribution is -2.05. The van der Waals surface area contributed by atoms with Crippen LogP contribution in [-0.2, 0) is 0 Å². The van der Waals surface area contributed by atoms with Crippen molar-refractivity contribution in [2.75, 3.05) is 0 Å². The summed E-state index contributed by atoms with van der Waals surface area (Å²) in [6, 6.07) is 12.7. The number of aromatic hydroxyl groups is 2. The molecule has 1 aromatic heterocycles. The summed E-state index contributed by atoms with van der Waals surface area (Å²) in [4.78, 5) is 7.22. The lowest BCUT2D eigenvalue weighted by molar-refractivity contribution is 0.475. The van der Waals surface area contributed by atoms with Crippen LogP contribution in [0.2, 0.25) is 0 Å². The topological polar surface area (TPSA) is 66.2 Å². The van der Waals surface area contributed by atoms with Gasteiger partial charge in [0.15, 0.2) is 9.67 Å². The van der Waals surface area contributed by atoms with Crippen molar-refractivity contribution in [1.82, 2.24) is 9.97 Å². The Morgan fingerprint density at radius 3 is 1.15 bits per heavy atom. The molecule has 4 nitrogen and oxygen atoms in total. The maximum absolute atomic E-state index is 9.49. The van der Waals surface area contributed by atoms with Crippen LogP contribution in [0.4, 0.5) is 0 Å². The molecule has 1 heterocycles.